The molecule has 2 rings (SSSR count). The number of nitrogens with one attached hydrogen (secondary N) is 2. The number of sulfonamides is 1. The summed E-state index contributed by atoms with van der Waals surface area (Å²) in [7, 11) is -1.35. The van der Waals surface area contributed by atoms with Crippen molar-refractivity contribution in [1.29, 1.82) is 0 Å². The second-order valence-corrected chi connectivity index (χ2v) is 7.63. The van der Waals surface area contributed by atoms with Gasteiger partial charge in [0.05, 0.1) is 4.90 Å². The first kappa shape index (κ1) is 16.4. The lowest BCUT2D eigenvalue weighted by Gasteiger charge is -2.20. The Kier molecular flexibility index (Phi) is 5.37. The van der Waals surface area contributed by atoms with E-state index in [1.807, 2.05) is 13.1 Å². The van der Waals surface area contributed by atoms with E-state index in [0.29, 0.717) is 17.5 Å². The largest absolute Gasteiger partial charge is 0.309 e. The first-order valence-electron chi connectivity index (χ1n) is 7.42. The van der Waals surface area contributed by atoms with E-state index < -0.39 is 10.0 Å². The lowest BCUT2D eigenvalue weighted by molar-refractivity contribution is 0.271. The molecule has 6 heteroatoms. The van der Waals surface area contributed by atoms with Gasteiger partial charge in [-0.25, -0.2) is 13.1 Å². The van der Waals surface area contributed by atoms with Gasteiger partial charge in [-0.2, -0.15) is 0 Å². The summed E-state index contributed by atoms with van der Waals surface area (Å²) in [5.74, 6) is 0. The average molecular weight is 311 g/mol. The van der Waals surface area contributed by atoms with Crippen LogP contribution in [0.15, 0.2) is 23.1 Å². The zero-order chi connectivity index (χ0) is 15.5. The summed E-state index contributed by atoms with van der Waals surface area (Å²) in [5.41, 5.74) is 2.27. The maximum atomic E-state index is 12.3. The Bertz CT molecular complexity index is 585. The molecule has 0 aromatic heterocycles. The number of benzene rings is 1. The van der Waals surface area contributed by atoms with Crippen LogP contribution in [0.2, 0.25) is 0 Å². The summed E-state index contributed by atoms with van der Waals surface area (Å²) in [4.78, 5) is 2.57. The topological polar surface area (TPSA) is 61.4 Å². The molecule has 0 spiro atoms. The van der Waals surface area contributed by atoms with Gasteiger partial charge in [-0.05, 0) is 57.1 Å². The Morgan fingerprint density at radius 3 is 2.71 bits per heavy atom. The van der Waals surface area contributed by atoms with Gasteiger partial charge in [0.2, 0.25) is 10.0 Å². The molecular formula is C15H25N3O2S. The molecule has 0 fully saturated rings. The van der Waals surface area contributed by atoms with E-state index in [2.05, 4.69) is 28.8 Å². The molecule has 0 saturated carbocycles. The first-order valence-corrected chi connectivity index (χ1v) is 8.91. The van der Waals surface area contributed by atoms with Crippen LogP contribution in [-0.4, -0.2) is 39.5 Å². The van der Waals surface area contributed by atoms with E-state index in [1.54, 1.807) is 12.1 Å². The quantitative estimate of drug-likeness (QED) is 0.745. The predicted molar refractivity (Wildman–Crippen MR) is 84.6 cm³/mol. The number of hydrogen-bond acceptors (Lipinski definition) is 4. The van der Waals surface area contributed by atoms with Gasteiger partial charge < -0.3 is 10.2 Å². The highest BCUT2D eigenvalue weighted by Gasteiger charge is 2.17. The Balaban J connectivity index is 1.90. The zero-order valence-corrected chi connectivity index (χ0v) is 13.8. The van der Waals surface area contributed by atoms with Crippen LogP contribution in [0, 0.1) is 0 Å². The van der Waals surface area contributed by atoms with Gasteiger partial charge in [-0.1, -0.05) is 6.07 Å². The maximum absolute atomic E-state index is 12.3. The fourth-order valence-electron chi connectivity index (χ4n) is 2.31. The third-order valence-electron chi connectivity index (χ3n) is 3.98. The molecular weight excluding hydrogens is 286 g/mol. The minimum atomic E-state index is -3.40. The lowest BCUT2D eigenvalue weighted by atomic mass is 10.1. The summed E-state index contributed by atoms with van der Waals surface area (Å²) in [6.45, 7) is 7.18. The second kappa shape index (κ2) is 6.87. The van der Waals surface area contributed by atoms with Crippen molar-refractivity contribution >= 4 is 10.0 Å². The molecule has 0 saturated heterocycles. The summed E-state index contributed by atoms with van der Waals surface area (Å²) in [6.07, 6.45) is 0.806. The molecule has 2 N–H and O–H groups in total. The van der Waals surface area contributed by atoms with Gasteiger partial charge >= 0.3 is 0 Å². The van der Waals surface area contributed by atoms with Gasteiger partial charge in [-0.15, -0.1) is 0 Å². The van der Waals surface area contributed by atoms with Gasteiger partial charge in [0, 0.05) is 25.7 Å². The van der Waals surface area contributed by atoms with Crippen molar-refractivity contribution in [2.75, 3.05) is 20.1 Å². The Morgan fingerprint density at radius 2 is 2.00 bits per heavy atom. The van der Waals surface area contributed by atoms with Crippen LogP contribution in [0.1, 0.15) is 31.4 Å². The molecule has 1 aliphatic heterocycles. The van der Waals surface area contributed by atoms with E-state index in [0.717, 1.165) is 31.6 Å². The molecule has 1 aliphatic rings. The maximum Gasteiger partial charge on any atom is 0.240 e. The Labute approximate surface area is 127 Å². The van der Waals surface area contributed by atoms with Crippen LogP contribution in [0.4, 0.5) is 0 Å². The molecule has 21 heavy (non-hydrogen) atoms. The Hall–Kier alpha value is -0.950. The van der Waals surface area contributed by atoms with Crippen LogP contribution >= 0.6 is 0 Å². The van der Waals surface area contributed by atoms with Gasteiger partial charge in [0.1, 0.15) is 0 Å². The Morgan fingerprint density at radius 1 is 1.29 bits per heavy atom. The second-order valence-electron chi connectivity index (χ2n) is 5.86. The highest BCUT2D eigenvalue weighted by atomic mass is 32.2. The lowest BCUT2D eigenvalue weighted by Crippen LogP contribution is -2.31. The molecule has 5 nitrogen and oxygen atoms in total. The minimum Gasteiger partial charge on any atom is -0.309 e. The monoisotopic (exact) mass is 311 g/mol. The first-order chi connectivity index (χ1) is 9.90. The number of fused-ring (bicyclic) bond motifs is 1. The van der Waals surface area contributed by atoms with E-state index in [4.69, 9.17) is 0 Å². The average Bonchev–Trinajstić information content (AvgIpc) is 2.90. The van der Waals surface area contributed by atoms with E-state index in [9.17, 15) is 8.42 Å². The molecule has 0 amide bonds. The van der Waals surface area contributed by atoms with Crippen molar-refractivity contribution in [1.82, 2.24) is 14.9 Å². The van der Waals surface area contributed by atoms with Gasteiger partial charge in [-0.3, -0.25) is 0 Å². The zero-order valence-electron chi connectivity index (χ0n) is 13.0. The van der Waals surface area contributed by atoms with Crippen molar-refractivity contribution in [2.45, 2.75) is 44.3 Å². The van der Waals surface area contributed by atoms with E-state index in [-0.39, 0.29) is 0 Å². The molecule has 0 bridgehead atoms. The molecule has 0 aliphatic carbocycles. The molecule has 0 radical (unpaired) electrons. The van der Waals surface area contributed by atoms with Crippen LogP contribution < -0.4 is 10.0 Å². The van der Waals surface area contributed by atoms with Crippen molar-refractivity contribution in [3.05, 3.63) is 29.3 Å². The van der Waals surface area contributed by atoms with Gasteiger partial charge in [0.15, 0.2) is 0 Å². The summed E-state index contributed by atoms with van der Waals surface area (Å²) in [5, 5.41) is 3.22. The van der Waals surface area contributed by atoms with Crippen molar-refractivity contribution in [3.63, 3.8) is 0 Å². The van der Waals surface area contributed by atoms with Crippen LogP contribution in [0.25, 0.3) is 0 Å². The van der Waals surface area contributed by atoms with Crippen molar-refractivity contribution in [2.24, 2.45) is 0 Å². The SMILES string of the molecule is CC(C)N(C)CCCNS(=O)(=O)c1ccc2c(c1)CNC2. The van der Waals surface area contributed by atoms with Crippen LogP contribution in [0.3, 0.4) is 0 Å². The summed E-state index contributed by atoms with van der Waals surface area (Å²) in [6, 6.07) is 5.84. The van der Waals surface area contributed by atoms with E-state index in [1.165, 1.54) is 5.56 Å². The molecule has 118 valence electrons. The third kappa shape index (κ3) is 4.26. The molecule has 0 unspecified atom stereocenters. The van der Waals surface area contributed by atoms with Crippen molar-refractivity contribution < 1.29 is 8.42 Å². The highest BCUT2D eigenvalue weighted by Crippen LogP contribution is 2.19. The molecule has 0 atom stereocenters. The fraction of sp³-hybridized carbons (Fsp3) is 0.600. The van der Waals surface area contributed by atoms with E-state index >= 15 is 0 Å². The van der Waals surface area contributed by atoms with Crippen molar-refractivity contribution in [3.8, 4) is 0 Å². The van der Waals surface area contributed by atoms with Crippen LogP contribution in [-0.2, 0) is 23.1 Å². The summed E-state index contributed by atoms with van der Waals surface area (Å²) < 4.78 is 27.2. The number of rotatable bonds is 7. The highest BCUT2D eigenvalue weighted by molar-refractivity contribution is 7.89. The smallest absolute Gasteiger partial charge is 0.240 e. The predicted octanol–water partition coefficient (Wildman–Crippen LogP) is 1.30. The molecule has 1 aromatic carbocycles. The number of nitrogens with zero attached hydrogens (tertiary/aromatic N) is 1. The summed E-state index contributed by atoms with van der Waals surface area (Å²) >= 11 is 0. The normalized spacial score (nSPS) is 14.9. The fourth-order valence-corrected chi connectivity index (χ4v) is 3.44. The molecule has 1 aromatic rings. The van der Waals surface area contributed by atoms with Crippen LogP contribution in [0.5, 0.6) is 0 Å². The van der Waals surface area contributed by atoms with Gasteiger partial charge in [0.25, 0.3) is 0 Å². The molecule has 1 heterocycles. The third-order valence-corrected chi connectivity index (χ3v) is 5.44. The minimum absolute atomic E-state index is 0.363. The number of hydrogen-bond donors (Lipinski definition) is 2. The standard InChI is InChI=1S/C15H25N3O2S/c1-12(2)18(3)8-4-7-17-21(19,20)15-6-5-13-10-16-11-14(13)9-15/h5-6,9,12,16-17H,4,7-8,10-11H2,1-3H3.